The van der Waals surface area contributed by atoms with Crippen LogP contribution in [0.1, 0.15) is 52.2 Å². The van der Waals surface area contributed by atoms with E-state index in [1.54, 1.807) is 12.1 Å². The molecule has 1 aliphatic carbocycles. The molecule has 0 amide bonds. The fourth-order valence-corrected chi connectivity index (χ4v) is 3.10. The maximum Gasteiger partial charge on any atom is 0.115 e. The van der Waals surface area contributed by atoms with Gasteiger partial charge in [0.05, 0.1) is 0 Å². The third-order valence-electron chi connectivity index (χ3n) is 5.24. The molecule has 1 aromatic carbocycles. The molecule has 0 bridgehead atoms. The van der Waals surface area contributed by atoms with E-state index in [9.17, 15) is 10.2 Å². The van der Waals surface area contributed by atoms with Crippen LogP contribution in [0, 0.1) is 17.8 Å². The predicted molar refractivity (Wildman–Crippen MR) is 97.5 cm³/mol. The zero-order chi connectivity index (χ0) is 17.4. The van der Waals surface area contributed by atoms with Gasteiger partial charge in [0.15, 0.2) is 0 Å². The summed E-state index contributed by atoms with van der Waals surface area (Å²) in [6, 6.07) is 5.40. The number of benzene rings is 1. The van der Waals surface area contributed by atoms with Gasteiger partial charge in [0.25, 0.3) is 0 Å². The van der Waals surface area contributed by atoms with Gasteiger partial charge >= 0.3 is 0 Å². The van der Waals surface area contributed by atoms with E-state index in [0.29, 0.717) is 11.5 Å². The summed E-state index contributed by atoms with van der Waals surface area (Å²) < 4.78 is 0. The number of hydrogen-bond donors (Lipinski definition) is 2. The van der Waals surface area contributed by atoms with Gasteiger partial charge in [0.2, 0.25) is 0 Å². The van der Waals surface area contributed by atoms with Crippen molar-refractivity contribution < 1.29 is 10.2 Å². The first-order valence-electron chi connectivity index (χ1n) is 8.13. The highest BCUT2D eigenvalue weighted by molar-refractivity contribution is 5.59. The fourth-order valence-electron chi connectivity index (χ4n) is 3.10. The summed E-state index contributed by atoms with van der Waals surface area (Å²) >= 11 is 0. The maximum absolute atomic E-state index is 10.6. The largest absolute Gasteiger partial charge is 0.511 e. The van der Waals surface area contributed by atoms with Crippen molar-refractivity contribution in [1.29, 1.82) is 0 Å². The molecule has 0 aliphatic heterocycles. The van der Waals surface area contributed by atoms with E-state index in [2.05, 4.69) is 45.9 Å². The van der Waals surface area contributed by atoms with E-state index >= 15 is 0 Å². The van der Waals surface area contributed by atoms with Crippen LogP contribution < -0.4 is 0 Å². The number of aryl methyl sites for hydroxylation is 1. The van der Waals surface area contributed by atoms with Crippen LogP contribution >= 0.6 is 0 Å². The summed E-state index contributed by atoms with van der Waals surface area (Å²) in [5.74, 6) is 0.795. The van der Waals surface area contributed by atoms with Gasteiger partial charge in [-0.3, -0.25) is 0 Å². The highest BCUT2D eigenvalue weighted by atomic mass is 16.3. The molecule has 1 aliphatic rings. The third kappa shape index (κ3) is 3.36. The van der Waals surface area contributed by atoms with Crippen molar-refractivity contribution in [2.24, 2.45) is 10.8 Å². The summed E-state index contributed by atoms with van der Waals surface area (Å²) in [4.78, 5) is 0. The van der Waals surface area contributed by atoms with Crippen LogP contribution in [0.4, 0.5) is 0 Å². The van der Waals surface area contributed by atoms with E-state index < -0.39 is 0 Å². The number of aromatic hydroxyl groups is 1. The van der Waals surface area contributed by atoms with Gasteiger partial charge in [-0.25, -0.2) is 0 Å². The molecule has 0 aromatic heterocycles. The molecule has 2 rings (SSSR count). The minimum atomic E-state index is -0.268. The molecule has 0 spiro atoms. The monoisotopic (exact) mass is 312 g/mol. The number of aliphatic hydroxyl groups is 1. The molecule has 0 heterocycles. The molecular formula is C21H28O2. The first kappa shape index (κ1) is 17.4. The second-order valence-electron chi connectivity index (χ2n) is 7.88. The van der Waals surface area contributed by atoms with Crippen molar-refractivity contribution >= 4 is 6.08 Å². The van der Waals surface area contributed by atoms with E-state index in [1.165, 1.54) is 5.57 Å². The van der Waals surface area contributed by atoms with E-state index in [1.807, 2.05) is 19.9 Å². The second kappa shape index (κ2) is 5.92. The lowest BCUT2D eigenvalue weighted by Crippen LogP contribution is -2.37. The summed E-state index contributed by atoms with van der Waals surface area (Å²) in [5, 5.41) is 20.1. The van der Waals surface area contributed by atoms with E-state index in [-0.39, 0.29) is 10.8 Å². The summed E-state index contributed by atoms with van der Waals surface area (Å²) in [6.07, 6.45) is 7.08. The van der Waals surface area contributed by atoms with Gasteiger partial charge in [0.1, 0.15) is 11.5 Å². The minimum absolute atomic E-state index is 0.0276. The van der Waals surface area contributed by atoms with Gasteiger partial charge in [0, 0.05) is 5.41 Å². The molecule has 2 nitrogen and oxygen atoms in total. The Kier molecular flexibility index (Phi) is 4.48. The van der Waals surface area contributed by atoms with Crippen molar-refractivity contribution in [2.75, 3.05) is 0 Å². The van der Waals surface area contributed by atoms with E-state index in [4.69, 9.17) is 0 Å². The molecule has 124 valence electrons. The average Bonchev–Trinajstić information content (AvgIpc) is 2.42. The van der Waals surface area contributed by atoms with Gasteiger partial charge in [-0.05, 0) is 60.1 Å². The molecule has 2 heteroatoms. The summed E-state index contributed by atoms with van der Waals surface area (Å²) in [7, 11) is 0. The predicted octanol–water partition coefficient (Wildman–Crippen LogP) is 5.93. The smallest absolute Gasteiger partial charge is 0.115 e. The molecular weight excluding hydrogens is 284 g/mol. The van der Waals surface area contributed by atoms with Crippen LogP contribution in [0.5, 0.6) is 5.75 Å². The van der Waals surface area contributed by atoms with E-state index in [0.717, 1.165) is 23.1 Å². The van der Waals surface area contributed by atoms with Crippen molar-refractivity contribution in [2.45, 2.75) is 48.0 Å². The standard InChI is InChI=1S/C21H28O2/c1-14-12-18(22)10-9-17(14)8-7-16-11-15(2)19(23)21(6,13-16)20(3,4)5/h7-12,22-23H,13H2,1-6H3. The van der Waals surface area contributed by atoms with Crippen LogP contribution in [0.2, 0.25) is 0 Å². The summed E-state index contributed by atoms with van der Waals surface area (Å²) in [5.41, 5.74) is 4.00. The Morgan fingerprint density at radius 2 is 1.74 bits per heavy atom. The quantitative estimate of drug-likeness (QED) is 0.710. The Morgan fingerprint density at radius 3 is 2.30 bits per heavy atom. The average molecular weight is 312 g/mol. The number of allylic oxidation sites excluding steroid dienone is 5. The Labute approximate surface area is 139 Å². The topological polar surface area (TPSA) is 40.5 Å². The molecule has 0 fully saturated rings. The number of rotatable bonds is 2. The zero-order valence-corrected chi connectivity index (χ0v) is 15.1. The minimum Gasteiger partial charge on any atom is -0.511 e. The SMILES string of the molecule is CC1=C(O)C(C)(C(C)(C)C)CC(C=Cc2ccc(O)cc2C)=C1. The van der Waals surface area contributed by atoms with Gasteiger partial charge < -0.3 is 10.2 Å². The lowest BCUT2D eigenvalue weighted by molar-refractivity contribution is 0.0898. The normalized spacial score (nSPS) is 22.6. The van der Waals surface area contributed by atoms with Crippen LogP contribution in [0.3, 0.4) is 0 Å². The highest BCUT2D eigenvalue weighted by Gasteiger charge is 2.43. The molecule has 0 saturated heterocycles. The number of aliphatic hydroxyl groups excluding tert-OH is 1. The third-order valence-corrected chi connectivity index (χ3v) is 5.24. The van der Waals surface area contributed by atoms with Gasteiger partial charge in [-0.15, -0.1) is 0 Å². The molecule has 1 atom stereocenters. The van der Waals surface area contributed by atoms with Gasteiger partial charge in [-0.2, -0.15) is 0 Å². The Balaban J connectivity index is 2.34. The Morgan fingerprint density at radius 1 is 1.09 bits per heavy atom. The maximum atomic E-state index is 10.6. The van der Waals surface area contributed by atoms with Crippen molar-refractivity contribution in [1.82, 2.24) is 0 Å². The molecule has 23 heavy (non-hydrogen) atoms. The van der Waals surface area contributed by atoms with Crippen LogP contribution in [-0.2, 0) is 0 Å². The highest BCUT2D eigenvalue weighted by Crippen LogP contribution is 2.51. The Hall–Kier alpha value is -1.96. The first-order chi connectivity index (χ1) is 10.5. The van der Waals surface area contributed by atoms with Crippen molar-refractivity contribution in [3.63, 3.8) is 0 Å². The molecule has 1 unspecified atom stereocenters. The lowest BCUT2D eigenvalue weighted by atomic mass is 9.61. The lowest BCUT2D eigenvalue weighted by Gasteiger charge is -2.44. The molecule has 0 saturated carbocycles. The Bertz CT molecular complexity index is 699. The fraction of sp³-hybridized carbons (Fsp3) is 0.429. The second-order valence-corrected chi connectivity index (χ2v) is 7.88. The van der Waals surface area contributed by atoms with Crippen LogP contribution in [-0.4, -0.2) is 10.2 Å². The zero-order valence-electron chi connectivity index (χ0n) is 15.1. The first-order valence-corrected chi connectivity index (χ1v) is 8.13. The number of hydrogen-bond acceptors (Lipinski definition) is 2. The van der Waals surface area contributed by atoms with Crippen LogP contribution in [0.25, 0.3) is 6.08 Å². The van der Waals surface area contributed by atoms with Crippen molar-refractivity contribution in [3.8, 4) is 5.75 Å². The molecule has 1 aromatic rings. The number of phenolic OH excluding ortho intramolecular Hbond substituents is 1. The van der Waals surface area contributed by atoms with Crippen LogP contribution in [0.15, 0.2) is 47.3 Å². The van der Waals surface area contributed by atoms with Gasteiger partial charge in [-0.1, -0.05) is 52.0 Å². The van der Waals surface area contributed by atoms with Crippen molar-refractivity contribution in [3.05, 3.63) is 58.4 Å². The summed E-state index contributed by atoms with van der Waals surface area (Å²) in [6.45, 7) is 12.6. The molecule has 2 N–H and O–H groups in total. The molecule has 0 radical (unpaired) electrons. The number of phenols is 1.